The summed E-state index contributed by atoms with van der Waals surface area (Å²) in [7, 11) is 0. The fourth-order valence-corrected chi connectivity index (χ4v) is 3.37. The van der Waals surface area contributed by atoms with Gasteiger partial charge in [0.05, 0.1) is 17.5 Å². The van der Waals surface area contributed by atoms with Crippen molar-refractivity contribution >= 4 is 5.91 Å². The van der Waals surface area contributed by atoms with Gasteiger partial charge in [-0.2, -0.15) is 10.1 Å². The number of hydrogen-bond acceptors (Lipinski definition) is 7. The van der Waals surface area contributed by atoms with Gasteiger partial charge in [0.2, 0.25) is 0 Å². The Kier molecular flexibility index (Phi) is 4.91. The molecule has 9 heteroatoms. The van der Waals surface area contributed by atoms with Crippen molar-refractivity contribution in [2.75, 3.05) is 32.7 Å². The van der Waals surface area contributed by atoms with Gasteiger partial charge in [-0.1, -0.05) is 12.1 Å². The van der Waals surface area contributed by atoms with Gasteiger partial charge in [0.15, 0.2) is 11.6 Å². The lowest BCUT2D eigenvalue weighted by Crippen LogP contribution is -2.48. The normalized spacial score (nSPS) is 15.2. The molecule has 0 aliphatic carbocycles. The van der Waals surface area contributed by atoms with Gasteiger partial charge in [0.1, 0.15) is 0 Å². The number of pyridine rings is 1. The van der Waals surface area contributed by atoms with Gasteiger partial charge in [-0.15, -0.1) is 0 Å². The fraction of sp³-hybridized carbons (Fsp3) is 0.421. The maximum absolute atomic E-state index is 13.0. The Hall–Kier alpha value is -3.07. The van der Waals surface area contributed by atoms with E-state index in [0.29, 0.717) is 23.1 Å². The van der Waals surface area contributed by atoms with E-state index in [1.807, 2.05) is 17.9 Å². The van der Waals surface area contributed by atoms with Crippen LogP contribution in [0.3, 0.4) is 0 Å². The summed E-state index contributed by atoms with van der Waals surface area (Å²) in [5.74, 6) is 1.61. The number of carbonyl (C=O) groups is 1. The molecule has 0 bridgehead atoms. The molecule has 0 saturated carbocycles. The van der Waals surface area contributed by atoms with E-state index in [0.717, 1.165) is 44.0 Å². The zero-order valence-corrected chi connectivity index (χ0v) is 16.3. The highest BCUT2D eigenvalue weighted by molar-refractivity contribution is 5.95. The average Bonchev–Trinajstić information content (AvgIpc) is 3.33. The molecule has 1 fully saturated rings. The maximum atomic E-state index is 13.0. The molecule has 1 aliphatic rings. The van der Waals surface area contributed by atoms with Crippen molar-refractivity contribution in [3.8, 4) is 17.3 Å². The van der Waals surface area contributed by atoms with Crippen LogP contribution in [0.5, 0.6) is 0 Å². The molecule has 4 rings (SSSR count). The van der Waals surface area contributed by atoms with Gasteiger partial charge in [-0.05, 0) is 32.5 Å². The van der Waals surface area contributed by atoms with Gasteiger partial charge in [0.25, 0.3) is 11.8 Å². The molecule has 3 aromatic rings. The molecule has 0 spiro atoms. The summed E-state index contributed by atoms with van der Waals surface area (Å²) in [6, 6.07) is 3.62. The van der Waals surface area contributed by atoms with Gasteiger partial charge in [0, 0.05) is 37.9 Å². The topological polar surface area (TPSA) is 93.2 Å². The van der Waals surface area contributed by atoms with E-state index >= 15 is 0 Å². The smallest absolute Gasteiger partial charge is 0.258 e. The van der Waals surface area contributed by atoms with E-state index < -0.39 is 0 Å². The van der Waals surface area contributed by atoms with Gasteiger partial charge in [-0.3, -0.25) is 4.79 Å². The van der Waals surface area contributed by atoms with Crippen LogP contribution >= 0.6 is 0 Å². The number of nitrogens with zero attached hydrogens (tertiary/aromatic N) is 7. The molecule has 0 radical (unpaired) electrons. The third-order valence-corrected chi connectivity index (χ3v) is 5.08. The van der Waals surface area contributed by atoms with Crippen molar-refractivity contribution in [3.05, 3.63) is 41.6 Å². The van der Waals surface area contributed by atoms with Gasteiger partial charge in [-0.25, -0.2) is 9.67 Å². The second kappa shape index (κ2) is 7.51. The van der Waals surface area contributed by atoms with Crippen LogP contribution in [-0.4, -0.2) is 73.3 Å². The molecule has 28 heavy (non-hydrogen) atoms. The van der Waals surface area contributed by atoms with Crippen LogP contribution in [0.15, 0.2) is 29.0 Å². The van der Waals surface area contributed by atoms with E-state index in [1.54, 1.807) is 30.1 Å². The molecule has 0 atom stereocenters. The highest BCUT2D eigenvalue weighted by Gasteiger charge is 2.25. The minimum absolute atomic E-state index is 0.0168. The number of hydrogen-bond donors (Lipinski definition) is 0. The van der Waals surface area contributed by atoms with Crippen molar-refractivity contribution < 1.29 is 9.32 Å². The Morgan fingerprint density at radius 2 is 2.00 bits per heavy atom. The number of aromatic nitrogens is 5. The zero-order valence-electron chi connectivity index (χ0n) is 16.3. The summed E-state index contributed by atoms with van der Waals surface area (Å²) in [5.41, 5.74) is 2.11. The molecule has 146 valence electrons. The molecule has 4 heterocycles. The highest BCUT2D eigenvalue weighted by Crippen LogP contribution is 2.21. The lowest BCUT2D eigenvalue weighted by molar-refractivity contribution is 0.0642. The summed E-state index contributed by atoms with van der Waals surface area (Å²) >= 11 is 0. The minimum atomic E-state index is 0.0168. The SMILES string of the molecule is CCN1CCN(C(=O)c2cnn(-c3cc(-c4nc(C)no4)ccn3)c2C)CC1. The van der Waals surface area contributed by atoms with Crippen molar-refractivity contribution in [3.63, 3.8) is 0 Å². The third kappa shape index (κ3) is 3.40. The monoisotopic (exact) mass is 381 g/mol. The highest BCUT2D eigenvalue weighted by atomic mass is 16.5. The van der Waals surface area contributed by atoms with Gasteiger partial charge >= 0.3 is 0 Å². The number of likely N-dealkylation sites (N-methyl/N-ethyl adjacent to an activating group) is 1. The van der Waals surface area contributed by atoms with E-state index in [4.69, 9.17) is 4.52 Å². The molecule has 1 amide bonds. The van der Waals surface area contributed by atoms with E-state index in [1.165, 1.54) is 0 Å². The van der Waals surface area contributed by atoms with Crippen LogP contribution in [0.1, 0.15) is 28.8 Å². The average molecular weight is 381 g/mol. The Labute approximate surface area is 163 Å². The number of piperazine rings is 1. The maximum Gasteiger partial charge on any atom is 0.258 e. The number of amides is 1. The van der Waals surface area contributed by atoms with Crippen LogP contribution in [0.25, 0.3) is 17.3 Å². The number of aryl methyl sites for hydroxylation is 1. The van der Waals surface area contributed by atoms with E-state index in [-0.39, 0.29) is 5.91 Å². The Bertz CT molecular complexity index is 986. The second-order valence-corrected chi connectivity index (χ2v) is 6.83. The van der Waals surface area contributed by atoms with Crippen molar-refractivity contribution in [2.45, 2.75) is 20.8 Å². The summed E-state index contributed by atoms with van der Waals surface area (Å²) in [5, 5.41) is 8.22. The number of rotatable bonds is 4. The lowest BCUT2D eigenvalue weighted by atomic mass is 10.2. The zero-order chi connectivity index (χ0) is 19.7. The molecule has 3 aromatic heterocycles. The van der Waals surface area contributed by atoms with E-state index in [9.17, 15) is 4.79 Å². The second-order valence-electron chi connectivity index (χ2n) is 6.83. The standard InChI is InChI=1S/C19H23N7O2/c1-4-24-7-9-25(10-8-24)19(27)16-12-21-26(13(16)2)17-11-15(5-6-20-17)18-22-14(3)23-28-18/h5-6,11-12H,4,7-10H2,1-3H3. The van der Waals surface area contributed by atoms with Crippen LogP contribution in [0.2, 0.25) is 0 Å². The van der Waals surface area contributed by atoms with Crippen LogP contribution < -0.4 is 0 Å². The Morgan fingerprint density at radius 1 is 1.21 bits per heavy atom. The number of carbonyl (C=O) groups excluding carboxylic acids is 1. The molecular formula is C19H23N7O2. The molecule has 1 aliphatic heterocycles. The molecule has 0 N–H and O–H groups in total. The fourth-order valence-electron chi connectivity index (χ4n) is 3.37. The first kappa shape index (κ1) is 18.3. The minimum Gasteiger partial charge on any atom is -0.336 e. The first-order chi connectivity index (χ1) is 13.6. The largest absolute Gasteiger partial charge is 0.336 e. The molecule has 9 nitrogen and oxygen atoms in total. The molecule has 0 unspecified atom stereocenters. The first-order valence-corrected chi connectivity index (χ1v) is 9.40. The summed E-state index contributed by atoms with van der Waals surface area (Å²) < 4.78 is 6.90. The third-order valence-electron chi connectivity index (χ3n) is 5.08. The lowest BCUT2D eigenvalue weighted by Gasteiger charge is -2.34. The Morgan fingerprint density at radius 3 is 2.68 bits per heavy atom. The predicted molar refractivity (Wildman–Crippen MR) is 102 cm³/mol. The molecule has 1 saturated heterocycles. The Balaban J connectivity index is 1.58. The van der Waals surface area contributed by atoms with Crippen LogP contribution in [0.4, 0.5) is 0 Å². The summed E-state index contributed by atoms with van der Waals surface area (Å²) in [6.45, 7) is 10.1. The first-order valence-electron chi connectivity index (χ1n) is 9.40. The summed E-state index contributed by atoms with van der Waals surface area (Å²) in [6.07, 6.45) is 3.28. The van der Waals surface area contributed by atoms with Crippen molar-refractivity contribution in [2.24, 2.45) is 0 Å². The van der Waals surface area contributed by atoms with E-state index in [2.05, 4.69) is 32.0 Å². The van der Waals surface area contributed by atoms with Crippen molar-refractivity contribution in [1.29, 1.82) is 0 Å². The van der Waals surface area contributed by atoms with Gasteiger partial charge < -0.3 is 14.3 Å². The predicted octanol–water partition coefficient (Wildman–Crippen LogP) is 1.71. The summed E-state index contributed by atoms with van der Waals surface area (Å²) in [4.78, 5) is 25.8. The van der Waals surface area contributed by atoms with Crippen LogP contribution in [0, 0.1) is 13.8 Å². The van der Waals surface area contributed by atoms with Crippen molar-refractivity contribution in [1.82, 2.24) is 34.7 Å². The molecular weight excluding hydrogens is 358 g/mol. The molecule has 0 aromatic carbocycles. The quantitative estimate of drug-likeness (QED) is 0.679. The van der Waals surface area contributed by atoms with Crippen LogP contribution in [-0.2, 0) is 0 Å².